The molecule has 0 aliphatic carbocycles. The number of aromatic nitrogens is 4. The monoisotopic (exact) mass is 1060 g/mol. The van der Waals surface area contributed by atoms with Crippen molar-refractivity contribution in [2.45, 2.75) is 120 Å². The molecule has 3 aliphatic rings. The van der Waals surface area contributed by atoms with Crippen molar-refractivity contribution in [2.24, 2.45) is 11.8 Å². The lowest BCUT2D eigenvalue weighted by atomic mass is 9.82. The number of rotatable bonds is 17. The zero-order valence-corrected chi connectivity index (χ0v) is 43.3. The van der Waals surface area contributed by atoms with E-state index in [1.807, 2.05) is 50.9 Å². The van der Waals surface area contributed by atoms with Crippen molar-refractivity contribution in [3.05, 3.63) is 212 Å². The molecule has 0 saturated carbocycles. The molecule has 0 bridgehead atoms. The minimum Gasteiger partial charge on any atom is -0.450 e. The Morgan fingerprint density at radius 1 is 0.597 bits per heavy atom. The lowest BCUT2D eigenvalue weighted by Crippen LogP contribution is -2.49. The van der Waals surface area contributed by atoms with E-state index in [9.17, 15) is 43.8 Å². The number of benzene rings is 3. The van der Waals surface area contributed by atoms with Gasteiger partial charge in [0.1, 0.15) is 17.8 Å². The van der Waals surface area contributed by atoms with Crippen LogP contribution in [0.1, 0.15) is 103 Å². The van der Waals surface area contributed by atoms with Crippen LogP contribution in [0, 0.1) is 11.8 Å². The smallest absolute Gasteiger partial charge is 0.340 e. The van der Waals surface area contributed by atoms with Gasteiger partial charge in [-0.1, -0.05) is 101 Å². The van der Waals surface area contributed by atoms with Crippen LogP contribution < -0.4 is 22.5 Å². The highest BCUT2D eigenvalue weighted by atomic mass is 16.7. The molecule has 0 radical (unpaired) electrons. The fourth-order valence-electron chi connectivity index (χ4n) is 9.88. The molecule has 3 saturated heterocycles. The molecule has 3 aromatic carbocycles. The van der Waals surface area contributed by atoms with E-state index in [-0.39, 0.29) is 30.5 Å². The van der Waals surface area contributed by atoms with Crippen molar-refractivity contribution >= 4 is 17.9 Å². The number of ether oxygens (including phenoxy) is 6. The molecule has 5 heterocycles. The summed E-state index contributed by atoms with van der Waals surface area (Å²) in [6.07, 6.45) is 3.10. The van der Waals surface area contributed by atoms with E-state index < -0.39 is 94.8 Å². The zero-order chi connectivity index (χ0) is 56.1. The van der Waals surface area contributed by atoms with E-state index in [0.717, 1.165) is 16.8 Å². The molecular weight excluding hydrogens is 997 g/mol. The van der Waals surface area contributed by atoms with Gasteiger partial charge in [-0.2, -0.15) is 0 Å². The van der Waals surface area contributed by atoms with Crippen molar-refractivity contribution in [1.29, 1.82) is 0 Å². The summed E-state index contributed by atoms with van der Waals surface area (Å²) < 4.78 is 37.5. The first kappa shape index (κ1) is 58.7. The van der Waals surface area contributed by atoms with Gasteiger partial charge >= 0.3 is 29.3 Å². The van der Waals surface area contributed by atoms with Crippen molar-refractivity contribution in [3.8, 4) is 0 Å². The van der Waals surface area contributed by atoms with Gasteiger partial charge in [-0.05, 0) is 49.2 Å². The minimum absolute atomic E-state index is 0.0547. The highest BCUT2D eigenvalue weighted by Crippen LogP contribution is 2.49. The standard InChI is InChI=1S/C24H26O5.C21H24N2O5.C12H16N2O6/c1-4-16-24(29-22(26)19-14-10-7-11-15-19)17(3)20(5-2)27-23(24)28-21(25)18-12-8-6-9-13-18;1-4-12-21(28-18(25)15-9-7-6-8-10-15)14(3)16(5-2)27-19(21)23-13-11-17(24)22-20(23)26;1-2-4-12(19)9(17)7(6-15)20-10(12)14-5-3-8(16)13-11(14)18/h4,6-15,17,20,23H,1,5,16H2,2-3H3;4,6-11,13-14,16,19H,1,5,12H2,2-3H3,(H,22,24,26);2-3,5,7,9-10,15,17,19H,1,4,6H2,(H,13,16,18)/t17-,20?,23?,24-;14-,16?,19?,21-;7?,9-,10?,12-/m111/s1. The van der Waals surface area contributed by atoms with Crippen molar-refractivity contribution in [2.75, 3.05) is 6.61 Å². The Balaban J connectivity index is 0.000000191. The fourth-order valence-corrected chi connectivity index (χ4v) is 9.88. The van der Waals surface area contributed by atoms with Crippen LogP contribution in [0.3, 0.4) is 0 Å². The number of hydrogen-bond acceptors (Lipinski definition) is 16. The first-order chi connectivity index (χ1) is 36.9. The summed E-state index contributed by atoms with van der Waals surface area (Å²) in [5.41, 5.74) is -5.37. The lowest BCUT2D eigenvalue weighted by Gasteiger charge is -2.36. The van der Waals surface area contributed by atoms with Crippen LogP contribution in [0.2, 0.25) is 0 Å². The van der Waals surface area contributed by atoms with Gasteiger partial charge < -0.3 is 43.7 Å². The van der Waals surface area contributed by atoms with E-state index in [1.54, 1.807) is 84.9 Å². The van der Waals surface area contributed by atoms with Crippen molar-refractivity contribution < 1.29 is 58.1 Å². The predicted molar refractivity (Wildman–Crippen MR) is 282 cm³/mol. The molecule has 5 N–H and O–H groups in total. The lowest BCUT2D eigenvalue weighted by molar-refractivity contribution is -0.175. The summed E-state index contributed by atoms with van der Waals surface area (Å²) in [4.78, 5) is 89.4. The first-order valence-corrected chi connectivity index (χ1v) is 25.1. The molecule has 3 aliphatic heterocycles. The molecule has 77 heavy (non-hydrogen) atoms. The maximum Gasteiger partial charge on any atom is 0.340 e. The van der Waals surface area contributed by atoms with Crippen molar-refractivity contribution in [1.82, 2.24) is 19.1 Å². The van der Waals surface area contributed by atoms with Crippen LogP contribution >= 0.6 is 0 Å². The number of aliphatic hydroxyl groups is 3. The number of hydrogen-bond donors (Lipinski definition) is 5. The molecule has 0 spiro atoms. The number of H-pyrrole nitrogens is 2. The number of aliphatic hydroxyl groups excluding tert-OH is 2. The van der Waals surface area contributed by atoms with E-state index in [1.165, 1.54) is 22.9 Å². The highest BCUT2D eigenvalue weighted by Gasteiger charge is 2.60. The minimum atomic E-state index is -1.82. The van der Waals surface area contributed by atoms with Crippen molar-refractivity contribution in [3.63, 3.8) is 0 Å². The zero-order valence-electron chi connectivity index (χ0n) is 43.3. The van der Waals surface area contributed by atoms with Gasteiger partial charge in [-0.15, -0.1) is 19.7 Å². The Kier molecular flexibility index (Phi) is 19.8. The van der Waals surface area contributed by atoms with E-state index in [4.69, 9.17) is 33.5 Å². The SMILES string of the molecule is C=CC[C@]1(O)C(n2ccc(=O)[nH]c2=O)OC(CO)[C@H]1O.C=CC[C@]1(OC(=O)c2ccccc2)C(OC(=O)c2ccccc2)OC(CC)[C@H]1C.C=CC[C@]1(OC(=O)c2ccccc2)C(n2ccc(=O)[nH]c2=O)OC(CC)[C@H]1C. The Morgan fingerprint density at radius 3 is 1.44 bits per heavy atom. The Hall–Kier alpha value is -7.59. The maximum atomic E-state index is 12.9. The molecule has 5 aromatic rings. The molecule has 12 atom stereocenters. The third-order valence-electron chi connectivity index (χ3n) is 14.1. The number of carbonyl (C=O) groups excluding carboxylic acids is 3. The third kappa shape index (κ3) is 12.7. The molecule has 20 heteroatoms. The summed E-state index contributed by atoms with van der Waals surface area (Å²) in [6, 6.07) is 28.4. The number of nitrogens with one attached hydrogen (secondary N) is 2. The molecule has 8 rings (SSSR count). The van der Waals surface area contributed by atoms with Gasteiger partial charge in [-0.3, -0.25) is 28.7 Å². The average molecular weight is 1060 g/mol. The Bertz CT molecular complexity index is 3070. The Labute approximate surface area is 443 Å². The summed E-state index contributed by atoms with van der Waals surface area (Å²) in [6.45, 7) is 18.4. The van der Waals surface area contributed by atoms with Gasteiger partial charge in [0.15, 0.2) is 23.7 Å². The number of carbonyl (C=O) groups is 3. The van der Waals surface area contributed by atoms with E-state index in [2.05, 4.69) is 24.7 Å². The second-order valence-corrected chi connectivity index (χ2v) is 18.8. The highest BCUT2D eigenvalue weighted by molar-refractivity contribution is 5.91. The summed E-state index contributed by atoms with van der Waals surface area (Å²) in [5, 5.41) is 29.8. The van der Waals surface area contributed by atoms with Gasteiger partial charge in [0, 0.05) is 55.6 Å². The van der Waals surface area contributed by atoms with Crippen LogP contribution in [0.4, 0.5) is 0 Å². The topological polar surface area (TPSA) is 277 Å². The van der Waals surface area contributed by atoms with E-state index >= 15 is 0 Å². The molecule has 6 unspecified atom stereocenters. The van der Waals surface area contributed by atoms with Gasteiger partial charge in [-0.25, -0.2) is 24.0 Å². The average Bonchev–Trinajstić information content (AvgIpc) is 3.99. The molecule has 20 nitrogen and oxygen atoms in total. The molecule has 3 fully saturated rings. The largest absolute Gasteiger partial charge is 0.450 e. The number of esters is 3. The van der Waals surface area contributed by atoms with Gasteiger partial charge in [0.25, 0.3) is 11.1 Å². The second-order valence-electron chi connectivity index (χ2n) is 18.8. The first-order valence-electron chi connectivity index (χ1n) is 25.1. The third-order valence-corrected chi connectivity index (χ3v) is 14.1. The van der Waals surface area contributed by atoms with Gasteiger partial charge in [0.2, 0.25) is 6.29 Å². The van der Waals surface area contributed by atoms with Crippen LogP contribution in [0.5, 0.6) is 0 Å². The summed E-state index contributed by atoms with van der Waals surface area (Å²) in [7, 11) is 0. The maximum absolute atomic E-state index is 12.9. The van der Waals surface area contributed by atoms with Crippen LogP contribution in [-0.2, 0) is 28.4 Å². The summed E-state index contributed by atoms with van der Waals surface area (Å²) in [5.74, 6) is -1.90. The quantitative estimate of drug-likeness (QED) is 0.0435. The molecule has 0 amide bonds. The summed E-state index contributed by atoms with van der Waals surface area (Å²) >= 11 is 0. The van der Waals surface area contributed by atoms with Gasteiger partial charge in [0.05, 0.1) is 35.5 Å². The van der Waals surface area contributed by atoms with Crippen LogP contribution in [-0.4, -0.2) is 106 Å². The van der Waals surface area contributed by atoms with Crippen LogP contribution in [0.15, 0.2) is 173 Å². The van der Waals surface area contributed by atoms with E-state index in [0.29, 0.717) is 42.4 Å². The molecule has 2 aromatic heterocycles. The predicted octanol–water partition coefficient (Wildman–Crippen LogP) is 5.53. The number of nitrogens with zero attached hydrogens (tertiary/aromatic N) is 2. The number of aromatic amines is 2. The van der Waals surface area contributed by atoms with Crippen LogP contribution in [0.25, 0.3) is 0 Å². The molecule has 410 valence electrons. The second kappa shape index (κ2) is 26.0. The normalized spacial score (nSPS) is 28.1. The Morgan fingerprint density at radius 2 is 1.00 bits per heavy atom. The molecular formula is C57H66N4O16. The fraction of sp³-hybridized carbons (Fsp3) is 0.386.